The van der Waals surface area contributed by atoms with Crippen LogP contribution in [0, 0.1) is 11.6 Å². The predicted octanol–water partition coefficient (Wildman–Crippen LogP) is 2.39. The minimum absolute atomic E-state index is 0.00861. The summed E-state index contributed by atoms with van der Waals surface area (Å²) in [5.74, 6) is -0.705. The van der Waals surface area contributed by atoms with Crippen LogP contribution < -0.4 is 5.32 Å². The largest absolute Gasteiger partial charge is 0.307 e. The van der Waals surface area contributed by atoms with Crippen LogP contribution in [-0.4, -0.2) is 6.04 Å². The number of nitrogens with one attached hydrogen (secondary N) is 1. The predicted molar refractivity (Wildman–Crippen MR) is 46.3 cm³/mol. The van der Waals surface area contributed by atoms with Crippen LogP contribution >= 0.6 is 0 Å². The number of hydrogen-bond acceptors (Lipinski definition) is 1. The van der Waals surface area contributed by atoms with Crippen molar-refractivity contribution in [3.8, 4) is 0 Å². The molecule has 0 saturated carbocycles. The molecule has 0 aliphatic carbocycles. The number of rotatable bonds is 1. The normalized spacial score (nSPS) is 27.0. The summed E-state index contributed by atoms with van der Waals surface area (Å²) in [7, 11) is 0. The quantitative estimate of drug-likeness (QED) is 0.704. The first kappa shape index (κ1) is 8.63. The lowest BCUT2D eigenvalue weighted by atomic mass is 9.91. The van der Waals surface area contributed by atoms with Gasteiger partial charge in [0.1, 0.15) is 11.6 Å². The first-order valence-corrected chi connectivity index (χ1v) is 4.38. The summed E-state index contributed by atoms with van der Waals surface area (Å²) in [6, 6.07) is 3.98. The van der Waals surface area contributed by atoms with Gasteiger partial charge in [-0.05, 0) is 31.5 Å². The highest BCUT2D eigenvalue weighted by molar-refractivity contribution is 5.24. The summed E-state index contributed by atoms with van der Waals surface area (Å²) in [5.41, 5.74) is 0.443. The minimum Gasteiger partial charge on any atom is -0.307 e. The van der Waals surface area contributed by atoms with Gasteiger partial charge in [0.2, 0.25) is 0 Å². The second-order valence-electron chi connectivity index (χ2n) is 3.52. The van der Waals surface area contributed by atoms with E-state index < -0.39 is 0 Å². The number of halogens is 2. The molecule has 0 bridgehead atoms. The van der Waals surface area contributed by atoms with E-state index in [-0.39, 0.29) is 17.7 Å². The van der Waals surface area contributed by atoms with E-state index in [4.69, 9.17) is 0 Å². The highest BCUT2D eigenvalue weighted by Gasteiger charge is 2.27. The lowest BCUT2D eigenvalue weighted by Gasteiger charge is -2.35. The third-order valence-corrected chi connectivity index (χ3v) is 2.41. The van der Waals surface area contributed by atoms with Crippen molar-refractivity contribution in [1.82, 2.24) is 5.32 Å². The van der Waals surface area contributed by atoms with Crippen LogP contribution in [0.3, 0.4) is 0 Å². The lowest BCUT2D eigenvalue weighted by Crippen LogP contribution is -2.44. The highest BCUT2D eigenvalue weighted by atomic mass is 19.1. The average Bonchev–Trinajstić information content (AvgIpc) is 2.04. The topological polar surface area (TPSA) is 12.0 Å². The Morgan fingerprint density at radius 3 is 2.69 bits per heavy atom. The fourth-order valence-corrected chi connectivity index (χ4v) is 1.67. The van der Waals surface area contributed by atoms with E-state index >= 15 is 0 Å². The van der Waals surface area contributed by atoms with Crippen molar-refractivity contribution in [1.29, 1.82) is 0 Å². The zero-order valence-corrected chi connectivity index (χ0v) is 7.35. The summed E-state index contributed by atoms with van der Waals surface area (Å²) in [5, 5.41) is 3.12. The summed E-state index contributed by atoms with van der Waals surface area (Å²) >= 11 is 0. The van der Waals surface area contributed by atoms with E-state index in [9.17, 15) is 8.78 Å². The van der Waals surface area contributed by atoms with Crippen molar-refractivity contribution in [3.05, 3.63) is 35.4 Å². The van der Waals surface area contributed by atoms with Crippen LogP contribution in [0.5, 0.6) is 0 Å². The molecule has 2 atom stereocenters. The number of benzene rings is 1. The average molecular weight is 183 g/mol. The molecular weight excluding hydrogens is 172 g/mol. The second-order valence-corrected chi connectivity index (χ2v) is 3.52. The van der Waals surface area contributed by atoms with Crippen molar-refractivity contribution < 1.29 is 8.78 Å². The molecule has 0 amide bonds. The van der Waals surface area contributed by atoms with Gasteiger partial charge in [0.05, 0.1) is 0 Å². The van der Waals surface area contributed by atoms with Gasteiger partial charge in [-0.15, -0.1) is 0 Å². The Morgan fingerprint density at radius 1 is 1.38 bits per heavy atom. The lowest BCUT2D eigenvalue weighted by molar-refractivity contribution is 0.280. The Morgan fingerprint density at radius 2 is 2.08 bits per heavy atom. The van der Waals surface area contributed by atoms with E-state index in [2.05, 4.69) is 5.32 Å². The zero-order valence-electron chi connectivity index (χ0n) is 7.35. The minimum atomic E-state index is -0.377. The summed E-state index contributed by atoms with van der Waals surface area (Å²) < 4.78 is 25.9. The molecule has 1 aromatic carbocycles. The molecule has 13 heavy (non-hydrogen) atoms. The summed E-state index contributed by atoms with van der Waals surface area (Å²) in [6.07, 6.45) is 0.875. The van der Waals surface area contributed by atoms with Crippen LogP contribution in [0.15, 0.2) is 18.2 Å². The smallest absolute Gasteiger partial charge is 0.128 e. The van der Waals surface area contributed by atoms with Crippen LogP contribution in [0.4, 0.5) is 8.78 Å². The van der Waals surface area contributed by atoms with Gasteiger partial charge < -0.3 is 5.32 Å². The Hall–Kier alpha value is -0.960. The van der Waals surface area contributed by atoms with Crippen molar-refractivity contribution in [2.75, 3.05) is 0 Å². The van der Waals surface area contributed by atoms with Gasteiger partial charge in [-0.25, -0.2) is 8.78 Å². The monoisotopic (exact) mass is 183 g/mol. The number of hydrogen-bond donors (Lipinski definition) is 1. The van der Waals surface area contributed by atoms with Gasteiger partial charge in [-0.2, -0.15) is 0 Å². The molecule has 2 rings (SSSR count). The molecule has 0 radical (unpaired) electrons. The van der Waals surface area contributed by atoms with Crippen molar-refractivity contribution in [2.45, 2.75) is 25.4 Å². The Labute approximate surface area is 75.8 Å². The van der Waals surface area contributed by atoms with Gasteiger partial charge in [0, 0.05) is 17.6 Å². The Balaban J connectivity index is 2.24. The van der Waals surface area contributed by atoms with E-state index in [1.165, 1.54) is 12.1 Å². The molecule has 1 heterocycles. The van der Waals surface area contributed by atoms with E-state index in [1.807, 2.05) is 6.92 Å². The van der Waals surface area contributed by atoms with Gasteiger partial charge in [0.25, 0.3) is 0 Å². The molecule has 2 unspecified atom stereocenters. The summed E-state index contributed by atoms with van der Waals surface area (Å²) in [6.45, 7) is 2.02. The Bertz CT molecular complexity index is 319. The molecule has 1 nitrogen and oxygen atoms in total. The van der Waals surface area contributed by atoms with Crippen molar-refractivity contribution >= 4 is 0 Å². The van der Waals surface area contributed by atoms with Gasteiger partial charge >= 0.3 is 0 Å². The molecule has 1 aliphatic rings. The fourth-order valence-electron chi connectivity index (χ4n) is 1.67. The molecule has 1 fully saturated rings. The zero-order chi connectivity index (χ0) is 9.42. The highest BCUT2D eigenvalue weighted by Crippen LogP contribution is 2.29. The van der Waals surface area contributed by atoms with Gasteiger partial charge in [-0.1, -0.05) is 0 Å². The molecule has 1 aliphatic heterocycles. The maximum absolute atomic E-state index is 13.2. The SMILES string of the molecule is CC1CC(c2cc(F)ccc2F)N1. The standard InChI is InChI=1S/C10H11F2N/c1-6-4-10(13-6)8-5-7(11)2-3-9(8)12/h2-3,5-6,10,13H,4H2,1H3. The molecule has 1 saturated heterocycles. The van der Waals surface area contributed by atoms with E-state index in [0.717, 1.165) is 12.5 Å². The molecule has 3 heteroatoms. The third kappa shape index (κ3) is 1.56. The second kappa shape index (κ2) is 3.07. The summed E-state index contributed by atoms with van der Waals surface area (Å²) in [4.78, 5) is 0. The van der Waals surface area contributed by atoms with Crippen LogP contribution in [0.2, 0.25) is 0 Å². The van der Waals surface area contributed by atoms with Gasteiger partial charge in [-0.3, -0.25) is 0 Å². The van der Waals surface area contributed by atoms with Crippen LogP contribution in [0.1, 0.15) is 24.9 Å². The van der Waals surface area contributed by atoms with Crippen molar-refractivity contribution in [3.63, 3.8) is 0 Å². The fraction of sp³-hybridized carbons (Fsp3) is 0.400. The van der Waals surface area contributed by atoms with Crippen molar-refractivity contribution in [2.24, 2.45) is 0 Å². The van der Waals surface area contributed by atoms with Crippen LogP contribution in [-0.2, 0) is 0 Å². The first-order chi connectivity index (χ1) is 6.16. The van der Waals surface area contributed by atoms with Gasteiger partial charge in [0.15, 0.2) is 0 Å². The molecule has 70 valence electrons. The molecule has 1 aromatic rings. The maximum Gasteiger partial charge on any atom is 0.128 e. The Kier molecular flexibility index (Phi) is 2.04. The third-order valence-electron chi connectivity index (χ3n) is 2.41. The molecular formula is C10H11F2N. The molecule has 0 spiro atoms. The van der Waals surface area contributed by atoms with Crippen LogP contribution in [0.25, 0.3) is 0 Å². The van der Waals surface area contributed by atoms with E-state index in [0.29, 0.717) is 11.6 Å². The molecule has 1 N–H and O–H groups in total. The van der Waals surface area contributed by atoms with E-state index in [1.54, 1.807) is 0 Å². The molecule has 0 aromatic heterocycles. The first-order valence-electron chi connectivity index (χ1n) is 4.38. The maximum atomic E-state index is 13.2.